The Morgan fingerprint density at radius 3 is 2.80 bits per heavy atom. The number of carbonyl (C=O) groups is 2. The molecule has 0 aromatic carbocycles. The maximum Gasteiger partial charge on any atom is 0.339 e. The molecular weight excluding hydrogens is 406 g/mol. The zero-order valence-corrected chi connectivity index (χ0v) is 18.2. The van der Waals surface area contributed by atoms with Crippen LogP contribution in [0, 0.1) is 20.8 Å². The molecule has 0 bridgehead atoms. The number of nitrogens with zero attached hydrogens (tertiary/aromatic N) is 3. The fraction of sp³-hybridized carbons (Fsp3) is 0.429. The molecule has 4 heterocycles. The van der Waals surface area contributed by atoms with Crippen molar-refractivity contribution in [3.05, 3.63) is 33.1 Å². The molecule has 3 aromatic heterocycles. The lowest BCUT2D eigenvalue weighted by Gasteiger charge is -2.30. The Morgan fingerprint density at radius 1 is 1.30 bits per heavy atom. The number of hydrogen-bond acceptors (Lipinski definition) is 8. The minimum atomic E-state index is -0.603. The van der Waals surface area contributed by atoms with Crippen molar-refractivity contribution in [2.24, 2.45) is 0 Å². The Kier molecular flexibility index (Phi) is 5.57. The molecule has 0 spiro atoms. The number of esters is 1. The fourth-order valence-electron chi connectivity index (χ4n) is 3.62. The van der Waals surface area contributed by atoms with Crippen LogP contribution in [0.15, 0.2) is 16.7 Å². The Hall–Kier alpha value is -2.78. The van der Waals surface area contributed by atoms with Gasteiger partial charge < -0.3 is 18.9 Å². The number of thiophene rings is 1. The highest BCUT2D eigenvalue weighted by Crippen LogP contribution is 2.33. The van der Waals surface area contributed by atoms with E-state index in [1.54, 1.807) is 29.2 Å². The van der Waals surface area contributed by atoms with Gasteiger partial charge in [0.15, 0.2) is 6.61 Å². The molecule has 0 N–H and O–H groups in total. The van der Waals surface area contributed by atoms with Crippen LogP contribution in [0.3, 0.4) is 0 Å². The quantitative estimate of drug-likeness (QED) is 0.587. The summed E-state index contributed by atoms with van der Waals surface area (Å²) in [6, 6.07) is 3.71. The summed E-state index contributed by atoms with van der Waals surface area (Å²) in [5.41, 5.74) is 2.65. The number of aryl methyl sites for hydroxylation is 3. The van der Waals surface area contributed by atoms with Crippen molar-refractivity contribution in [2.75, 3.05) is 26.3 Å². The molecule has 9 heteroatoms. The van der Waals surface area contributed by atoms with Crippen LogP contribution in [0.25, 0.3) is 22.4 Å². The van der Waals surface area contributed by atoms with Gasteiger partial charge in [0.1, 0.15) is 0 Å². The number of carbonyl (C=O) groups excluding carboxylic acids is 2. The Morgan fingerprint density at radius 2 is 2.10 bits per heavy atom. The second-order valence-electron chi connectivity index (χ2n) is 7.43. The summed E-state index contributed by atoms with van der Waals surface area (Å²) in [4.78, 5) is 33.8. The number of morpholine rings is 1. The molecule has 1 amide bonds. The topological polar surface area (TPSA) is 94.8 Å². The number of pyridine rings is 1. The Balaban J connectivity index is 1.60. The van der Waals surface area contributed by atoms with Gasteiger partial charge in [0, 0.05) is 28.4 Å². The second-order valence-corrected chi connectivity index (χ2v) is 8.89. The number of ether oxygens (including phenoxy) is 2. The second kappa shape index (κ2) is 8.16. The minimum absolute atomic E-state index is 0.0299. The molecule has 1 saturated heterocycles. The summed E-state index contributed by atoms with van der Waals surface area (Å²) in [6.07, 6.45) is -0.0299. The van der Waals surface area contributed by atoms with E-state index >= 15 is 0 Å². The number of aromatic nitrogens is 2. The molecule has 0 saturated carbocycles. The van der Waals surface area contributed by atoms with Crippen LogP contribution < -0.4 is 0 Å². The lowest BCUT2D eigenvalue weighted by atomic mass is 10.1. The van der Waals surface area contributed by atoms with Crippen molar-refractivity contribution in [2.45, 2.75) is 33.8 Å². The van der Waals surface area contributed by atoms with Crippen LogP contribution in [0.5, 0.6) is 0 Å². The summed E-state index contributed by atoms with van der Waals surface area (Å²) >= 11 is 1.66. The average Bonchev–Trinajstić information content (AvgIpc) is 3.26. The van der Waals surface area contributed by atoms with Gasteiger partial charge in [-0.05, 0) is 39.8 Å². The first-order valence-corrected chi connectivity index (χ1v) is 10.6. The maximum absolute atomic E-state index is 12.9. The van der Waals surface area contributed by atoms with Crippen LogP contribution >= 0.6 is 11.3 Å². The fourth-order valence-corrected chi connectivity index (χ4v) is 4.55. The van der Waals surface area contributed by atoms with E-state index < -0.39 is 5.97 Å². The lowest BCUT2D eigenvalue weighted by molar-refractivity contribution is -0.141. The van der Waals surface area contributed by atoms with Crippen LogP contribution in [0.4, 0.5) is 0 Å². The van der Waals surface area contributed by atoms with Gasteiger partial charge in [0.25, 0.3) is 11.6 Å². The molecule has 3 aromatic rings. The predicted molar refractivity (Wildman–Crippen MR) is 112 cm³/mol. The van der Waals surface area contributed by atoms with Gasteiger partial charge in [-0.15, -0.1) is 11.3 Å². The zero-order chi connectivity index (χ0) is 21.4. The molecule has 1 fully saturated rings. The predicted octanol–water partition coefficient (Wildman–Crippen LogP) is 3.28. The number of fused-ring (bicyclic) bond motifs is 1. The normalized spacial score (nSPS) is 16.8. The third kappa shape index (κ3) is 3.95. The maximum atomic E-state index is 12.9. The third-order valence-corrected chi connectivity index (χ3v) is 6.04. The summed E-state index contributed by atoms with van der Waals surface area (Å²) in [7, 11) is 0. The molecule has 158 valence electrons. The largest absolute Gasteiger partial charge is 0.452 e. The van der Waals surface area contributed by atoms with E-state index in [9.17, 15) is 9.59 Å². The van der Waals surface area contributed by atoms with E-state index in [1.807, 2.05) is 26.8 Å². The van der Waals surface area contributed by atoms with Crippen LogP contribution in [0.2, 0.25) is 0 Å². The zero-order valence-electron chi connectivity index (χ0n) is 17.4. The van der Waals surface area contributed by atoms with Crippen molar-refractivity contribution in [3.63, 3.8) is 0 Å². The summed E-state index contributed by atoms with van der Waals surface area (Å²) in [5, 5.41) is 4.45. The molecule has 1 atom stereocenters. The van der Waals surface area contributed by atoms with Gasteiger partial charge in [0.2, 0.25) is 0 Å². The van der Waals surface area contributed by atoms with Gasteiger partial charge in [-0.1, -0.05) is 5.16 Å². The van der Waals surface area contributed by atoms with Crippen LogP contribution in [-0.2, 0) is 14.3 Å². The highest BCUT2D eigenvalue weighted by molar-refractivity contribution is 7.12. The highest BCUT2D eigenvalue weighted by atomic mass is 32.1. The van der Waals surface area contributed by atoms with E-state index in [0.29, 0.717) is 42.0 Å². The van der Waals surface area contributed by atoms with E-state index in [0.717, 1.165) is 15.3 Å². The lowest BCUT2D eigenvalue weighted by Crippen LogP contribution is -2.46. The minimum Gasteiger partial charge on any atom is -0.452 e. The van der Waals surface area contributed by atoms with E-state index in [-0.39, 0.29) is 24.3 Å². The van der Waals surface area contributed by atoms with Gasteiger partial charge in [-0.25, -0.2) is 9.78 Å². The third-order valence-electron chi connectivity index (χ3n) is 5.07. The molecule has 0 aliphatic carbocycles. The van der Waals surface area contributed by atoms with Gasteiger partial charge in [0.05, 0.1) is 35.0 Å². The molecule has 1 aliphatic heterocycles. The number of rotatable bonds is 4. The van der Waals surface area contributed by atoms with Gasteiger partial charge in [-0.2, -0.15) is 0 Å². The molecule has 30 heavy (non-hydrogen) atoms. The highest BCUT2D eigenvalue weighted by Gasteiger charge is 2.25. The number of amides is 1. The first kappa shape index (κ1) is 20.5. The van der Waals surface area contributed by atoms with Crippen LogP contribution in [-0.4, -0.2) is 59.3 Å². The first-order chi connectivity index (χ1) is 14.3. The monoisotopic (exact) mass is 429 g/mol. The summed E-state index contributed by atoms with van der Waals surface area (Å²) in [5.74, 6) is -0.843. The smallest absolute Gasteiger partial charge is 0.339 e. The molecule has 4 rings (SSSR count). The van der Waals surface area contributed by atoms with E-state index in [2.05, 4.69) is 10.1 Å². The first-order valence-electron chi connectivity index (χ1n) is 9.74. The molecule has 8 nitrogen and oxygen atoms in total. The van der Waals surface area contributed by atoms with Crippen molar-refractivity contribution >= 4 is 34.3 Å². The molecule has 0 radical (unpaired) electrons. The summed E-state index contributed by atoms with van der Waals surface area (Å²) < 4.78 is 16.1. The van der Waals surface area contributed by atoms with Crippen molar-refractivity contribution < 1.29 is 23.6 Å². The van der Waals surface area contributed by atoms with E-state index in [1.165, 1.54) is 0 Å². The van der Waals surface area contributed by atoms with Gasteiger partial charge >= 0.3 is 5.97 Å². The van der Waals surface area contributed by atoms with Crippen molar-refractivity contribution in [1.82, 2.24) is 15.0 Å². The number of hydrogen-bond donors (Lipinski definition) is 0. The SMILES string of the molecule is Cc1cc(-c2cc(C(=O)OCC(=O)N3CCOC(C)C3)c3c(C)noc3n2)c(C)s1. The molecule has 1 unspecified atom stereocenters. The van der Waals surface area contributed by atoms with Crippen LogP contribution in [0.1, 0.15) is 32.7 Å². The van der Waals surface area contributed by atoms with Crippen molar-refractivity contribution in [3.8, 4) is 11.3 Å². The van der Waals surface area contributed by atoms with Crippen molar-refractivity contribution in [1.29, 1.82) is 0 Å². The molecule has 1 aliphatic rings. The summed E-state index contributed by atoms with van der Waals surface area (Å²) in [6.45, 7) is 8.80. The Labute approximate surface area is 177 Å². The Bertz CT molecular complexity index is 1120. The van der Waals surface area contributed by atoms with Gasteiger partial charge in [-0.3, -0.25) is 4.79 Å². The standard InChI is InChI=1S/C21H23N3O5S/c1-11-9-24(5-6-27-11)18(25)10-28-21(26)16-8-17(15-7-12(2)30-14(15)4)22-20-19(16)13(3)23-29-20/h7-8,11H,5-6,9-10H2,1-4H3. The van der Waals surface area contributed by atoms with E-state index in [4.69, 9.17) is 14.0 Å². The average molecular weight is 429 g/mol. The molecular formula is C21H23N3O5S.